The van der Waals surface area contributed by atoms with Crippen LogP contribution in [0.25, 0.3) is 22.2 Å². The van der Waals surface area contributed by atoms with E-state index < -0.39 is 5.97 Å². The summed E-state index contributed by atoms with van der Waals surface area (Å²) in [5.74, 6) is -0.883. The van der Waals surface area contributed by atoms with Crippen LogP contribution >= 0.6 is 0 Å². The first-order valence-corrected chi connectivity index (χ1v) is 10.3. The van der Waals surface area contributed by atoms with E-state index in [9.17, 15) is 14.7 Å². The smallest absolute Gasteiger partial charge is 0.336 e. The maximum atomic E-state index is 12.5. The van der Waals surface area contributed by atoms with E-state index in [1.54, 1.807) is 6.07 Å². The molecule has 0 unspecified atom stereocenters. The van der Waals surface area contributed by atoms with Crippen molar-refractivity contribution in [1.82, 2.24) is 14.8 Å². The number of pyridine rings is 1. The predicted molar refractivity (Wildman–Crippen MR) is 116 cm³/mol. The van der Waals surface area contributed by atoms with E-state index in [1.807, 2.05) is 58.3 Å². The minimum Gasteiger partial charge on any atom is -0.478 e. The molecule has 1 N–H and O–H groups in total. The Morgan fingerprint density at radius 2 is 1.80 bits per heavy atom. The van der Waals surface area contributed by atoms with Crippen molar-refractivity contribution < 1.29 is 14.7 Å². The summed E-state index contributed by atoms with van der Waals surface area (Å²) in [7, 11) is 0. The topological polar surface area (TPSA) is 73.7 Å². The number of carbonyl (C=O) groups excluding carboxylic acids is 1. The lowest BCUT2D eigenvalue weighted by molar-refractivity contribution is -0.136. The Labute approximate surface area is 175 Å². The van der Waals surface area contributed by atoms with Gasteiger partial charge in [0.15, 0.2) is 0 Å². The van der Waals surface area contributed by atoms with Gasteiger partial charge in [-0.3, -0.25) is 9.69 Å². The number of piperazine rings is 1. The number of nitrogens with zero attached hydrogens (tertiary/aromatic N) is 3. The van der Waals surface area contributed by atoms with Gasteiger partial charge in [0.25, 0.3) is 0 Å². The van der Waals surface area contributed by atoms with Gasteiger partial charge < -0.3 is 10.0 Å². The van der Waals surface area contributed by atoms with Crippen molar-refractivity contribution in [2.24, 2.45) is 0 Å². The molecular weight excluding hydrogens is 378 g/mol. The van der Waals surface area contributed by atoms with Gasteiger partial charge in [-0.1, -0.05) is 55.5 Å². The number of carboxylic acids is 1. The number of carbonyl (C=O) groups is 2. The van der Waals surface area contributed by atoms with Gasteiger partial charge in [0.2, 0.25) is 5.91 Å². The molecule has 1 aromatic heterocycles. The lowest BCUT2D eigenvalue weighted by Crippen LogP contribution is -2.50. The molecule has 0 atom stereocenters. The third-order valence-corrected chi connectivity index (χ3v) is 5.53. The van der Waals surface area contributed by atoms with Crippen molar-refractivity contribution in [2.45, 2.75) is 19.9 Å². The van der Waals surface area contributed by atoms with Crippen LogP contribution in [-0.4, -0.2) is 57.9 Å². The second-order valence-corrected chi connectivity index (χ2v) is 7.59. The molecule has 1 amide bonds. The third kappa shape index (κ3) is 3.91. The van der Waals surface area contributed by atoms with E-state index in [4.69, 9.17) is 4.98 Å². The quantitative estimate of drug-likeness (QED) is 0.680. The Balaban J connectivity index is 1.80. The van der Waals surface area contributed by atoms with Gasteiger partial charge >= 0.3 is 5.97 Å². The fraction of sp³-hybridized carbons (Fsp3) is 0.292. The first kappa shape index (κ1) is 20.0. The third-order valence-electron chi connectivity index (χ3n) is 5.53. The molecule has 6 heteroatoms. The molecule has 0 radical (unpaired) electrons. The van der Waals surface area contributed by atoms with Crippen molar-refractivity contribution in [2.75, 3.05) is 26.2 Å². The molecule has 2 heterocycles. The molecule has 154 valence electrons. The van der Waals surface area contributed by atoms with Crippen LogP contribution in [0.4, 0.5) is 0 Å². The monoisotopic (exact) mass is 403 g/mol. The fourth-order valence-corrected chi connectivity index (χ4v) is 4.11. The summed E-state index contributed by atoms with van der Waals surface area (Å²) in [4.78, 5) is 33.6. The van der Waals surface area contributed by atoms with Crippen molar-refractivity contribution in [3.63, 3.8) is 0 Å². The van der Waals surface area contributed by atoms with Crippen molar-refractivity contribution in [3.05, 3.63) is 65.7 Å². The molecule has 1 aliphatic heterocycles. The van der Waals surface area contributed by atoms with Crippen molar-refractivity contribution >= 4 is 22.8 Å². The van der Waals surface area contributed by atoms with Gasteiger partial charge in [-0.05, 0) is 12.5 Å². The Morgan fingerprint density at radius 1 is 1.07 bits per heavy atom. The molecule has 1 saturated heterocycles. The second-order valence-electron chi connectivity index (χ2n) is 7.59. The number of hydrogen-bond donors (Lipinski definition) is 1. The van der Waals surface area contributed by atoms with Crippen LogP contribution in [0, 0.1) is 0 Å². The standard InChI is InChI=1S/C24H25N3O3/c1-2-12-27-14-13-26(16-21(27)28)15-19-22(24(29)30)18-10-6-7-11-20(18)25-23(19)17-8-4-3-5-9-17/h3-11H,2,12-16H2,1H3,(H,29,30). The van der Waals surface area contributed by atoms with E-state index in [1.165, 1.54) is 0 Å². The van der Waals surface area contributed by atoms with Crippen LogP contribution in [0.15, 0.2) is 54.6 Å². The highest BCUT2D eigenvalue weighted by Gasteiger charge is 2.27. The molecule has 0 aliphatic carbocycles. The predicted octanol–water partition coefficient (Wildman–Crippen LogP) is 3.65. The van der Waals surface area contributed by atoms with E-state index in [2.05, 4.69) is 6.92 Å². The van der Waals surface area contributed by atoms with Crippen LogP contribution in [0.1, 0.15) is 29.3 Å². The Bertz CT molecular complexity index is 1080. The number of aromatic carboxylic acids is 1. The maximum absolute atomic E-state index is 12.5. The molecule has 0 bridgehead atoms. The number of aromatic nitrogens is 1. The molecule has 2 aromatic carbocycles. The highest BCUT2D eigenvalue weighted by molar-refractivity contribution is 6.05. The average molecular weight is 403 g/mol. The maximum Gasteiger partial charge on any atom is 0.336 e. The molecule has 4 rings (SSSR count). The first-order chi connectivity index (χ1) is 14.6. The Morgan fingerprint density at radius 3 is 2.50 bits per heavy atom. The summed E-state index contributed by atoms with van der Waals surface area (Å²) in [5.41, 5.74) is 3.11. The molecule has 3 aromatic rings. The summed E-state index contributed by atoms with van der Waals surface area (Å²) >= 11 is 0. The number of fused-ring (bicyclic) bond motifs is 1. The number of hydrogen-bond acceptors (Lipinski definition) is 4. The van der Waals surface area contributed by atoms with E-state index in [-0.39, 0.29) is 11.5 Å². The van der Waals surface area contributed by atoms with Crippen LogP contribution in [0.3, 0.4) is 0 Å². The van der Waals surface area contributed by atoms with Gasteiger partial charge in [0.1, 0.15) is 0 Å². The highest BCUT2D eigenvalue weighted by atomic mass is 16.4. The molecule has 0 spiro atoms. The Kier molecular flexibility index (Phi) is 5.77. The van der Waals surface area contributed by atoms with Gasteiger partial charge in [0.05, 0.1) is 23.3 Å². The summed E-state index contributed by atoms with van der Waals surface area (Å²) in [6, 6.07) is 17.0. The largest absolute Gasteiger partial charge is 0.478 e. The minimum absolute atomic E-state index is 0.0926. The molecule has 30 heavy (non-hydrogen) atoms. The zero-order valence-corrected chi connectivity index (χ0v) is 17.0. The summed E-state index contributed by atoms with van der Waals surface area (Å²) in [6.45, 7) is 4.86. The molecule has 1 aliphatic rings. The van der Waals surface area contributed by atoms with Gasteiger partial charge in [-0.2, -0.15) is 0 Å². The van der Waals surface area contributed by atoms with E-state index in [0.717, 1.165) is 18.5 Å². The number of amides is 1. The summed E-state index contributed by atoms with van der Waals surface area (Å²) in [6.07, 6.45) is 0.932. The zero-order chi connectivity index (χ0) is 21.1. The summed E-state index contributed by atoms with van der Waals surface area (Å²) in [5, 5.41) is 10.7. The second kappa shape index (κ2) is 8.63. The van der Waals surface area contributed by atoms with Gasteiger partial charge in [-0.25, -0.2) is 9.78 Å². The van der Waals surface area contributed by atoms with Crippen LogP contribution in [0.5, 0.6) is 0 Å². The fourth-order valence-electron chi connectivity index (χ4n) is 4.11. The Hall–Kier alpha value is -3.25. The molecular formula is C24H25N3O3. The number of rotatable bonds is 6. The minimum atomic E-state index is -0.975. The summed E-state index contributed by atoms with van der Waals surface area (Å²) < 4.78 is 0. The first-order valence-electron chi connectivity index (χ1n) is 10.3. The van der Waals surface area contributed by atoms with Gasteiger partial charge in [-0.15, -0.1) is 0 Å². The average Bonchev–Trinajstić information content (AvgIpc) is 2.75. The normalized spacial score (nSPS) is 15.0. The van der Waals surface area contributed by atoms with Gasteiger partial charge in [0, 0.05) is 42.7 Å². The lowest BCUT2D eigenvalue weighted by atomic mass is 9.96. The molecule has 1 fully saturated rings. The van der Waals surface area contributed by atoms with E-state index >= 15 is 0 Å². The highest BCUT2D eigenvalue weighted by Crippen LogP contribution is 2.31. The van der Waals surface area contributed by atoms with Crippen molar-refractivity contribution in [1.29, 1.82) is 0 Å². The number of para-hydroxylation sites is 1. The zero-order valence-electron chi connectivity index (χ0n) is 17.0. The van der Waals surface area contributed by atoms with Crippen LogP contribution in [-0.2, 0) is 11.3 Å². The van der Waals surface area contributed by atoms with Crippen molar-refractivity contribution in [3.8, 4) is 11.3 Å². The molecule has 0 saturated carbocycles. The number of carboxylic acid groups (broad SMARTS) is 1. The molecule has 6 nitrogen and oxygen atoms in total. The lowest BCUT2D eigenvalue weighted by Gasteiger charge is -2.34. The SMILES string of the molecule is CCCN1CCN(Cc2c(-c3ccccc3)nc3ccccc3c2C(=O)O)CC1=O. The number of benzene rings is 2. The van der Waals surface area contributed by atoms with E-state index in [0.29, 0.717) is 48.3 Å². The van der Waals surface area contributed by atoms with Crippen LogP contribution < -0.4 is 0 Å². The van der Waals surface area contributed by atoms with Crippen LogP contribution in [0.2, 0.25) is 0 Å².